The molecule has 0 spiro atoms. The molecule has 1 aromatic carbocycles. The number of methoxy groups -OCH3 is 1. The van der Waals surface area contributed by atoms with Crippen LogP contribution in [0.1, 0.15) is 62.5 Å². The Morgan fingerprint density at radius 1 is 1.03 bits per heavy atom. The Morgan fingerprint density at radius 2 is 1.77 bits per heavy atom. The smallest absolute Gasteiger partial charge is 0.161 e. The van der Waals surface area contributed by atoms with Crippen molar-refractivity contribution in [1.82, 2.24) is 4.98 Å². The molecule has 158 valence electrons. The van der Waals surface area contributed by atoms with Gasteiger partial charge in [-0.25, -0.2) is 0 Å². The summed E-state index contributed by atoms with van der Waals surface area (Å²) < 4.78 is 12.0. The quantitative estimate of drug-likeness (QED) is 0.720. The second-order valence-electron chi connectivity index (χ2n) is 8.58. The molecule has 2 fully saturated rings. The van der Waals surface area contributed by atoms with Gasteiger partial charge >= 0.3 is 0 Å². The molecular formula is C26H31NO3. The van der Waals surface area contributed by atoms with E-state index < -0.39 is 0 Å². The van der Waals surface area contributed by atoms with Gasteiger partial charge in [-0.05, 0) is 87.1 Å². The summed E-state index contributed by atoms with van der Waals surface area (Å²) in [7, 11) is 1.70. The summed E-state index contributed by atoms with van der Waals surface area (Å²) in [6, 6.07) is 10.2. The minimum atomic E-state index is -0.241. The Balaban J connectivity index is 1.69. The SMILES string of the molecule is COc1ccc([C@]2(C#Cc3ccncc3)CC[C@@H](CO)CC2)cc1OC1CCCC1. The van der Waals surface area contributed by atoms with Crippen molar-refractivity contribution in [3.05, 3.63) is 53.9 Å². The van der Waals surface area contributed by atoms with Crippen LogP contribution in [-0.4, -0.2) is 29.9 Å². The molecule has 30 heavy (non-hydrogen) atoms. The van der Waals surface area contributed by atoms with E-state index in [1.54, 1.807) is 19.5 Å². The largest absolute Gasteiger partial charge is 0.493 e. The van der Waals surface area contributed by atoms with E-state index in [0.717, 1.165) is 55.6 Å². The third kappa shape index (κ3) is 4.63. The van der Waals surface area contributed by atoms with E-state index in [2.05, 4.69) is 29.0 Å². The zero-order chi connectivity index (χ0) is 20.8. The van der Waals surface area contributed by atoms with Crippen molar-refractivity contribution in [2.24, 2.45) is 5.92 Å². The van der Waals surface area contributed by atoms with Gasteiger partial charge in [0.1, 0.15) is 0 Å². The topological polar surface area (TPSA) is 51.6 Å². The number of aliphatic hydroxyl groups excluding tert-OH is 1. The van der Waals surface area contributed by atoms with Crippen molar-refractivity contribution in [2.45, 2.75) is 62.9 Å². The standard InChI is InChI=1S/C26H31NO3/c1-29-24-7-6-22(18-25(24)30-23-4-2-3-5-23)26(14-9-21(19-28)10-15-26)13-8-20-11-16-27-17-12-20/h6-7,11-12,16-18,21,23,28H,2-5,9-10,14-15,19H2,1H3/t21-,26-. The Morgan fingerprint density at radius 3 is 2.43 bits per heavy atom. The van der Waals surface area contributed by atoms with Crippen LogP contribution in [0.25, 0.3) is 0 Å². The molecular weight excluding hydrogens is 374 g/mol. The fourth-order valence-corrected chi connectivity index (χ4v) is 4.72. The molecule has 1 heterocycles. The highest BCUT2D eigenvalue weighted by atomic mass is 16.5. The molecule has 1 N–H and O–H groups in total. The molecule has 2 aliphatic carbocycles. The number of hydrogen-bond donors (Lipinski definition) is 1. The summed E-state index contributed by atoms with van der Waals surface area (Å²) in [6.45, 7) is 0.256. The molecule has 2 aliphatic rings. The summed E-state index contributed by atoms with van der Waals surface area (Å²) in [4.78, 5) is 4.09. The molecule has 0 amide bonds. The fourth-order valence-electron chi connectivity index (χ4n) is 4.72. The van der Waals surface area contributed by atoms with Gasteiger partial charge in [0.2, 0.25) is 0 Å². The molecule has 4 heteroatoms. The summed E-state index contributed by atoms with van der Waals surface area (Å²) >= 11 is 0. The maximum atomic E-state index is 9.63. The third-order valence-corrected chi connectivity index (χ3v) is 6.66. The summed E-state index contributed by atoms with van der Waals surface area (Å²) in [5.41, 5.74) is 1.92. The Kier molecular flexibility index (Phi) is 6.59. The highest BCUT2D eigenvalue weighted by Gasteiger charge is 2.36. The average Bonchev–Trinajstić information content (AvgIpc) is 3.32. The third-order valence-electron chi connectivity index (χ3n) is 6.66. The van der Waals surface area contributed by atoms with Gasteiger partial charge in [0.15, 0.2) is 11.5 Å². The molecule has 0 saturated heterocycles. The van der Waals surface area contributed by atoms with Gasteiger partial charge in [-0.3, -0.25) is 4.98 Å². The zero-order valence-electron chi connectivity index (χ0n) is 17.8. The number of nitrogens with zero attached hydrogens (tertiary/aromatic N) is 1. The molecule has 2 saturated carbocycles. The minimum absolute atomic E-state index is 0.241. The molecule has 0 bridgehead atoms. The maximum Gasteiger partial charge on any atom is 0.161 e. The highest BCUT2D eigenvalue weighted by Crippen LogP contribution is 2.44. The van der Waals surface area contributed by atoms with E-state index in [4.69, 9.17) is 9.47 Å². The van der Waals surface area contributed by atoms with Gasteiger partial charge in [0, 0.05) is 24.6 Å². The van der Waals surface area contributed by atoms with Gasteiger partial charge in [0.05, 0.1) is 18.6 Å². The van der Waals surface area contributed by atoms with Crippen LogP contribution in [0.3, 0.4) is 0 Å². The zero-order valence-corrected chi connectivity index (χ0v) is 17.8. The number of aliphatic hydroxyl groups is 1. The lowest BCUT2D eigenvalue weighted by molar-refractivity contribution is 0.168. The minimum Gasteiger partial charge on any atom is -0.493 e. The Bertz CT molecular complexity index is 885. The highest BCUT2D eigenvalue weighted by molar-refractivity contribution is 5.49. The van der Waals surface area contributed by atoms with Crippen LogP contribution in [0, 0.1) is 17.8 Å². The fraction of sp³-hybridized carbons (Fsp3) is 0.500. The van der Waals surface area contributed by atoms with E-state index >= 15 is 0 Å². The van der Waals surface area contributed by atoms with Crippen LogP contribution >= 0.6 is 0 Å². The monoisotopic (exact) mass is 405 g/mol. The Hall–Kier alpha value is -2.51. The van der Waals surface area contributed by atoms with Crippen molar-refractivity contribution in [3.63, 3.8) is 0 Å². The molecule has 0 radical (unpaired) electrons. The first-order chi connectivity index (χ1) is 14.7. The van der Waals surface area contributed by atoms with E-state index in [-0.39, 0.29) is 18.1 Å². The predicted molar refractivity (Wildman–Crippen MR) is 118 cm³/mol. The molecule has 2 aromatic rings. The molecule has 4 nitrogen and oxygen atoms in total. The molecule has 0 atom stereocenters. The predicted octanol–water partition coefficient (Wildman–Crippen LogP) is 4.88. The summed E-state index contributed by atoms with van der Waals surface area (Å²) in [6.07, 6.45) is 12.3. The summed E-state index contributed by atoms with van der Waals surface area (Å²) in [5.74, 6) is 8.98. The first kappa shape index (κ1) is 20.8. The van der Waals surface area contributed by atoms with Crippen molar-refractivity contribution in [1.29, 1.82) is 0 Å². The van der Waals surface area contributed by atoms with E-state index in [9.17, 15) is 5.11 Å². The van der Waals surface area contributed by atoms with Crippen molar-refractivity contribution >= 4 is 0 Å². The van der Waals surface area contributed by atoms with Crippen LogP contribution in [0.2, 0.25) is 0 Å². The van der Waals surface area contributed by atoms with E-state index in [0.29, 0.717) is 5.92 Å². The van der Waals surface area contributed by atoms with Crippen molar-refractivity contribution in [3.8, 4) is 23.3 Å². The second-order valence-corrected chi connectivity index (χ2v) is 8.58. The van der Waals surface area contributed by atoms with Crippen molar-refractivity contribution in [2.75, 3.05) is 13.7 Å². The lowest BCUT2D eigenvalue weighted by atomic mass is 9.67. The Labute approximate surface area is 179 Å². The number of pyridine rings is 1. The first-order valence-electron chi connectivity index (χ1n) is 11.1. The number of rotatable bonds is 5. The van der Waals surface area contributed by atoms with Crippen LogP contribution in [0.15, 0.2) is 42.7 Å². The molecule has 0 aliphatic heterocycles. The van der Waals surface area contributed by atoms with E-state index in [1.165, 1.54) is 18.4 Å². The second kappa shape index (κ2) is 9.53. The number of ether oxygens (including phenoxy) is 2. The number of aromatic nitrogens is 1. The maximum absolute atomic E-state index is 9.63. The van der Waals surface area contributed by atoms with Gasteiger partial charge in [0.25, 0.3) is 0 Å². The lowest BCUT2D eigenvalue weighted by Gasteiger charge is -2.37. The van der Waals surface area contributed by atoms with Crippen LogP contribution in [0.5, 0.6) is 11.5 Å². The molecule has 4 rings (SSSR count). The van der Waals surface area contributed by atoms with Crippen molar-refractivity contribution < 1.29 is 14.6 Å². The first-order valence-corrected chi connectivity index (χ1v) is 11.1. The van der Waals surface area contributed by atoms with Crippen LogP contribution in [0.4, 0.5) is 0 Å². The lowest BCUT2D eigenvalue weighted by Crippen LogP contribution is -2.31. The average molecular weight is 406 g/mol. The number of hydrogen-bond acceptors (Lipinski definition) is 4. The number of benzene rings is 1. The molecule has 0 unspecified atom stereocenters. The normalized spacial score (nSPS) is 24.1. The van der Waals surface area contributed by atoms with Gasteiger partial charge in [-0.15, -0.1) is 0 Å². The molecule has 1 aromatic heterocycles. The van der Waals surface area contributed by atoms with E-state index in [1.807, 2.05) is 18.2 Å². The van der Waals surface area contributed by atoms with Crippen LogP contribution < -0.4 is 9.47 Å². The van der Waals surface area contributed by atoms with Gasteiger partial charge in [-0.1, -0.05) is 17.9 Å². The summed E-state index contributed by atoms with van der Waals surface area (Å²) in [5, 5.41) is 9.63. The van der Waals surface area contributed by atoms with Gasteiger partial charge in [-0.2, -0.15) is 0 Å². The van der Waals surface area contributed by atoms with Gasteiger partial charge < -0.3 is 14.6 Å². The van der Waals surface area contributed by atoms with Crippen LogP contribution in [-0.2, 0) is 5.41 Å².